The summed E-state index contributed by atoms with van der Waals surface area (Å²) in [6.07, 6.45) is 3.16. The number of hydrogen-bond donors (Lipinski definition) is 1. The van der Waals surface area contributed by atoms with Gasteiger partial charge in [0, 0.05) is 0 Å². The van der Waals surface area contributed by atoms with E-state index in [0.717, 1.165) is 25.9 Å². The molecule has 0 aliphatic carbocycles. The highest BCUT2D eigenvalue weighted by Gasteiger charge is 2.01. The summed E-state index contributed by atoms with van der Waals surface area (Å²) >= 11 is 0. The number of aliphatic hydroxyl groups is 1. The Labute approximate surface area is 76.4 Å². The fourth-order valence-corrected chi connectivity index (χ4v) is 1.18. The molecule has 12 heavy (non-hydrogen) atoms. The van der Waals surface area contributed by atoms with Crippen molar-refractivity contribution in [2.75, 3.05) is 6.61 Å². The van der Waals surface area contributed by atoms with Gasteiger partial charge in [-0.25, -0.2) is 0 Å². The molecular weight excluding hydrogens is 175 g/mol. The lowest BCUT2D eigenvalue weighted by atomic mass is 10.3. The van der Waals surface area contributed by atoms with Crippen molar-refractivity contribution in [3.05, 3.63) is 0 Å². The second kappa shape index (κ2) is 9.40. The zero-order chi connectivity index (χ0) is 9.23. The van der Waals surface area contributed by atoms with E-state index in [0.29, 0.717) is 6.42 Å². The van der Waals surface area contributed by atoms with Crippen molar-refractivity contribution in [2.24, 2.45) is 0 Å². The monoisotopic (exact) mass is 194 g/mol. The minimum atomic E-state index is -0.644. The molecule has 74 valence electrons. The molecule has 0 aliphatic heterocycles. The van der Waals surface area contributed by atoms with Crippen molar-refractivity contribution in [1.29, 1.82) is 0 Å². The van der Waals surface area contributed by atoms with Gasteiger partial charge in [0.2, 0.25) is 0 Å². The van der Waals surface area contributed by atoms with Crippen molar-refractivity contribution in [1.82, 2.24) is 0 Å². The minimum absolute atomic E-state index is 0.0178. The number of hydrogen-bond acceptors (Lipinski definition) is 3. The molecule has 4 heteroatoms. The van der Waals surface area contributed by atoms with Crippen LogP contribution >= 0.6 is 9.03 Å². The zero-order valence-electron chi connectivity index (χ0n) is 7.88. The Bertz CT molecular complexity index is 90.4. The lowest BCUT2D eigenvalue weighted by molar-refractivity contribution is -0.0204. The summed E-state index contributed by atoms with van der Waals surface area (Å²) in [5.74, 6) is 0. The van der Waals surface area contributed by atoms with Gasteiger partial charge < -0.3 is 14.2 Å². The van der Waals surface area contributed by atoms with Crippen LogP contribution in [-0.2, 0) is 9.05 Å². The van der Waals surface area contributed by atoms with E-state index in [1.54, 1.807) is 0 Å². The lowest BCUT2D eigenvalue weighted by Gasteiger charge is -2.09. The normalized spacial score (nSPS) is 14.2. The molecule has 0 amide bonds. The van der Waals surface area contributed by atoms with Gasteiger partial charge in [-0.3, -0.25) is 0 Å². The second-order valence-corrected chi connectivity index (χ2v) is 3.34. The summed E-state index contributed by atoms with van der Waals surface area (Å²) in [6, 6.07) is 0. The molecule has 0 aromatic rings. The van der Waals surface area contributed by atoms with Crippen LogP contribution in [0.2, 0.25) is 0 Å². The van der Waals surface area contributed by atoms with E-state index in [1.807, 2.05) is 6.92 Å². The van der Waals surface area contributed by atoms with Gasteiger partial charge in [0.1, 0.15) is 0 Å². The fourth-order valence-electron chi connectivity index (χ4n) is 0.654. The van der Waals surface area contributed by atoms with Gasteiger partial charge in [0.15, 0.2) is 15.3 Å². The highest BCUT2D eigenvalue weighted by atomic mass is 31.1. The van der Waals surface area contributed by atoms with Crippen LogP contribution in [0.4, 0.5) is 0 Å². The standard InChI is InChI=1S/C8H19O3P/c1-3-5-7-10-12-11-8(9)6-4-2/h8-9,12H,3-7H2,1-2H3. The van der Waals surface area contributed by atoms with E-state index < -0.39 is 6.29 Å². The van der Waals surface area contributed by atoms with E-state index >= 15 is 0 Å². The molecule has 0 rings (SSSR count). The Morgan fingerprint density at radius 2 is 2.08 bits per heavy atom. The topological polar surface area (TPSA) is 38.7 Å². The van der Waals surface area contributed by atoms with Crippen molar-refractivity contribution in [2.45, 2.75) is 45.8 Å². The summed E-state index contributed by atoms with van der Waals surface area (Å²) in [6.45, 7) is 4.85. The van der Waals surface area contributed by atoms with Gasteiger partial charge in [-0.15, -0.1) is 0 Å². The number of aliphatic hydroxyl groups excluding tert-OH is 1. The maximum absolute atomic E-state index is 9.11. The minimum Gasteiger partial charge on any atom is -0.368 e. The van der Waals surface area contributed by atoms with Crippen LogP contribution in [0.1, 0.15) is 39.5 Å². The van der Waals surface area contributed by atoms with Gasteiger partial charge in [-0.1, -0.05) is 26.7 Å². The fraction of sp³-hybridized carbons (Fsp3) is 1.00. The molecule has 1 N–H and O–H groups in total. The molecule has 2 unspecified atom stereocenters. The molecule has 0 aromatic carbocycles. The Balaban J connectivity index is 2.97. The quantitative estimate of drug-likeness (QED) is 0.366. The molecule has 0 heterocycles. The lowest BCUT2D eigenvalue weighted by Crippen LogP contribution is -2.05. The number of unbranched alkanes of at least 4 members (excludes halogenated alkanes) is 1. The maximum atomic E-state index is 9.11. The molecule has 0 saturated carbocycles. The van der Waals surface area contributed by atoms with Crippen molar-refractivity contribution in [3.8, 4) is 0 Å². The van der Waals surface area contributed by atoms with Gasteiger partial charge in [0.25, 0.3) is 0 Å². The van der Waals surface area contributed by atoms with Gasteiger partial charge in [0.05, 0.1) is 6.61 Å². The summed E-state index contributed by atoms with van der Waals surface area (Å²) in [5.41, 5.74) is 0. The van der Waals surface area contributed by atoms with E-state index in [4.69, 9.17) is 14.2 Å². The third kappa shape index (κ3) is 8.41. The smallest absolute Gasteiger partial charge is 0.160 e. The van der Waals surface area contributed by atoms with Crippen LogP contribution in [0.3, 0.4) is 0 Å². The predicted molar refractivity (Wildman–Crippen MR) is 51.2 cm³/mol. The van der Waals surface area contributed by atoms with Gasteiger partial charge in [-0.05, 0) is 12.8 Å². The van der Waals surface area contributed by atoms with Crippen LogP contribution < -0.4 is 0 Å². The van der Waals surface area contributed by atoms with Crippen molar-refractivity contribution in [3.63, 3.8) is 0 Å². The molecule has 0 saturated heterocycles. The van der Waals surface area contributed by atoms with Crippen molar-refractivity contribution >= 4 is 9.03 Å². The van der Waals surface area contributed by atoms with Crippen LogP contribution in [-0.4, -0.2) is 18.0 Å². The summed E-state index contributed by atoms with van der Waals surface area (Å²) < 4.78 is 10.1. The SMILES string of the molecule is CCCCOPOC(O)CCC. The average Bonchev–Trinajstić information content (AvgIpc) is 2.05. The van der Waals surface area contributed by atoms with E-state index in [9.17, 15) is 0 Å². The first-order valence-electron chi connectivity index (χ1n) is 4.51. The Morgan fingerprint density at radius 1 is 1.33 bits per heavy atom. The molecule has 0 aromatic heterocycles. The molecular formula is C8H19O3P. The average molecular weight is 194 g/mol. The molecule has 0 bridgehead atoms. The van der Waals surface area contributed by atoms with E-state index in [2.05, 4.69) is 6.92 Å². The third-order valence-corrected chi connectivity index (χ3v) is 2.07. The predicted octanol–water partition coefficient (Wildman–Crippen LogP) is 2.45. The van der Waals surface area contributed by atoms with Crippen LogP contribution in [0.15, 0.2) is 0 Å². The van der Waals surface area contributed by atoms with Crippen LogP contribution in [0.25, 0.3) is 0 Å². The summed E-state index contributed by atoms with van der Waals surface area (Å²) in [5, 5.41) is 9.11. The third-order valence-electron chi connectivity index (χ3n) is 1.38. The molecule has 0 radical (unpaired) electrons. The van der Waals surface area contributed by atoms with E-state index in [1.165, 1.54) is 0 Å². The highest BCUT2D eigenvalue weighted by Crippen LogP contribution is 2.18. The molecule has 3 nitrogen and oxygen atoms in total. The second-order valence-electron chi connectivity index (χ2n) is 2.65. The van der Waals surface area contributed by atoms with Crippen LogP contribution in [0.5, 0.6) is 0 Å². The largest absolute Gasteiger partial charge is 0.368 e. The molecule has 0 aliphatic rings. The molecule has 0 spiro atoms. The van der Waals surface area contributed by atoms with E-state index in [-0.39, 0.29) is 9.03 Å². The molecule has 0 fully saturated rings. The van der Waals surface area contributed by atoms with Gasteiger partial charge in [-0.2, -0.15) is 0 Å². The summed E-state index contributed by atoms with van der Waals surface area (Å²) in [4.78, 5) is 0. The zero-order valence-corrected chi connectivity index (χ0v) is 8.88. The van der Waals surface area contributed by atoms with Crippen LogP contribution in [0, 0.1) is 0 Å². The first-order valence-corrected chi connectivity index (χ1v) is 5.33. The number of rotatable bonds is 8. The van der Waals surface area contributed by atoms with Crippen molar-refractivity contribution < 1.29 is 14.2 Å². The van der Waals surface area contributed by atoms with Gasteiger partial charge >= 0.3 is 0 Å². The Morgan fingerprint density at radius 3 is 2.67 bits per heavy atom. The maximum Gasteiger partial charge on any atom is 0.160 e. The first kappa shape index (κ1) is 12.3. The molecule has 2 atom stereocenters. The Kier molecular flexibility index (Phi) is 9.64. The Hall–Kier alpha value is 0.310. The summed E-state index contributed by atoms with van der Waals surface area (Å²) in [7, 11) is -0.0178. The first-order chi connectivity index (χ1) is 5.81. The highest BCUT2D eigenvalue weighted by molar-refractivity contribution is 7.26.